The number of thioether (sulfide) groups is 1. The number of hydrazine groups is 1. The number of phenolic OH excluding ortho intramolecular Hbond substituents is 1. The molecule has 0 saturated carbocycles. The van der Waals surface area contributed by atoms with Gasteiger partial charge in [0.2, 0.25) is 0 Å². The third-order valence-electron chi connectivity index (χ3n) is 3.15. The van der Waals surface area contributed by atoms with Crippen molar-refractivity contribution < 1.29 is 14.7 Å². The molecule has 0 aliphatic rings. The van der Waals surface area contributed by atoms with Crippen LogP contribution in [0.25, 0.3) is 0 Å². The van der Waals surface area contributed by atoms with Gasteiger partial charge >= 0.3 is 0 Å². The van der Waals surface area contributed by atoms with Crippen molar-refractivity contribution in [3.63, 3.8) is 0 Å². The zero-order valence-electron chi connectivity index (χ0n) is 12.9. The number of hydrogen-bond acceptors (Lipinski definition) is 4. The molecule has 0 aromatic heterocycles. The van der Waals surface area contributed by atoms with E-state index in [9.17, 15) is 14.7 Å². The Hall–Kier alpha value is -2.47. The molecule has 23 heavy (non-hydrogen) atoms. The fourth-order valence-corrected chi connectivity index (χ4v) is 2.69. The van der Waals surface area contributed by atoms with Crippen LogP contribution >= 0.6 is 11.8 Å². The average molecular weight is 330 g/mol. The Balaban J connectivity index is 1.87. The maximum atomic E-state index is 12.0. The summed E-state index contributed by atoms with van der Waals surface area (Å²) >= 11 is 1.40. The topological polar surface area (TPSA) is 78.4 Å². The Morgan fingerprint density at radius 3 is 2.35 bits per heavy atom. The van der Waals surface area contributed by atoms with Gasteiger partial charge in [0, 0.05) is 4.90 Å². The van der Waals surface area contributed by atoms with Gasteiger partial charge < -0.3 is 5.11 Å². The van der Waals surface area contributed by atoms with E-state index in [1.165, 1.54) is 23.9 Å². The molecule has 2 aromatic carbocycles. The Morgan fingerprint density at radius 1 is 1.04 bits per heavy atom. The molecule has 3 N–H and O–H groups in total. The van der Waals surface area contributed by atoms with Gasteiger partial charge in [-0.25, -0.2) is 0 Å². The van der Waals surface area contributed by atoms with Crippen molar-refractivity contribution >= 4 is 23.6 Å². The first-order valence-electron chi connectivity index (χ1n) is 7.09. The van der Waals surface area contributed by atoms with Gasteiger partial charge in [-0.15, -0.1) is 11.8 Å². The van der Waals surface area contributed by atoms with Crippen LogP contribution < -0.4 is 10.9 Å². The number of phenols is 1. The van der Waals surface area contributed by atoms with Gasteiger partial charge in [-0.2, -0.15) is 0 Å². The lowest BCUT2D eigenvalue weighted by atomic mass is 10.2. The van der Waals surface area contributed by atoms with E-state index in [2.05, 4.69) is 10.9 Å². The van der Waals surface area contributed by atoms with E-state index < -0.39 is 5.91 Å². The molecule has 0 radical (unpaired) electrons. The maximum absolute atomic E-state index is 12.0. The summed E-state index contributed by atoms with van der Waals surface area (Å²) in [6.07, 6.45) is 0. The van der Waals surface area contributed by atoms with Gasteiger partial charge in [-0.1, -0.05) is 29.8 Å². The molecule has 2 amide bonds. The van der Waals surface area contributed by atoms with Gasteiger partial charge in [0.15, 0.2) is 0 Å². The van der Waals surface area contributed by atoms with Crippen LogP contribution in [-0.4, -0.2) is 22.2 Å². The Labute approximate surface area is 139 Å². The summed E-state index contributed by atoms with van der Waals surface area (Å²) in [6, 6.07) is 14.0. The number of aryl methyl sites for hydroxylation is 1. The van der Waals surface area contributed by atoms with Crippen LogP contribution in [0, 0.1) is 6.92 Å². The molecule has 5 nitrogen and oxygen atoms in total. The minimum Gasteiger partial charge on any atom is -0.507 e. The van der Waals surface area contributed by atoms with Gasteiger partial charge in [0.25, 0.3) is 11.8 Å². The number of nitrogens with one attached hydrogen (secondary N) is 2. The minimum atomic E-state index is -0.566. The smallest absolute Gasteiger partial charge is 0.273 e. The highest BCUT2D eigenvalue weighted by Crippen LogP contribution is 2.23. The van der Waals surface area contributed by atoms with Crippen LogP contribution in [0.4, 0.5) is 0 Å². The molecule has 0 aliphatic heterocycles. The maximum Gasteiger partial charge on any atom is 0.273 e. The summed E-state index contributed by atoms with van der Waals surface area (Å²) in [7, 11) is 0. The van der Waals surface area contributed by atoms with E-state index in [0.29, 0.717) is 0 Å². The van der Waals surface area contributed by atoms with Gasteiger partial charge in [-0.05, 0) is 38.1 Å². The molecular weight excluding hydrogens is 312 g/mol. The summed E-state index contributed by atoms with van der Waals surface area (Å²) < 4.78 is 0. The summed E-state index contributed by atoms with van der Waals surface area (Å²) in [4.78, 5) is 24.9. The fourth-order valence-electron chi connectivity index (χ4n) is 1.83. The molecule has 1 atom stereocenters. The zero-order chi connectivity index (χ0) is 16.8. The van der Waals surface area contributed by atoms with Gasteiger partial charge in [0.05, 0.1) is 10.8 Å². The van der Waals surface area contributed by atoms with Crippen molar-refractivity contribution in [3.8, 4) is 5.75 Å². The van der Waals surface area contributed by atoms with E-state index in [1.807, 2.05) is 31.2 Å². The lowest BCUT2D eigenvalue weighted by Gasteiger charge is -2.13. The van der Waals surface area contributed by atoms with E-state index in [1.54, 1.807) is 19.1 Å². The van der Waals surface area contributed by atoms with Crippen molar-refractivity contribution in [2.24, 2.45) is 0 Å². The molecule has 0 fully saturated rings. The number of hydrogen-bond donors (Lipinski definition) is 3. The summed E-state index contributed by atoms with van der Waals surface area (Å²) in [5, 5.41) is 9.22. The molecule has 2 rings (SSSR count). The number of benzene rings is 2. The second-order valence-electron chi connectivity index (χ2n) is 5.03. The first-order chi connectivity index (χ1) is 11.0. The molecular formula is C17H18N2O3S. The Kier molecular flexibility index (Phi) is 5.65. The standard InChI is InChI=1S/C17H18N2O3S/c1-11-7-9-13(10-8-11)23-12(2)16(21)18-19-17(22)14-5-3-4-6-15(14)20/h3-10,12,20H,1-2H3,(H,18,21)(H,19,22)/t12-/m0/s1. The average Bonchev–Trinajstić information content (AvgIpc) is 2.54. The lowest BCUT2D eigenvalue weighted by molar-refractivity contribution is -0.121. The van der Waals surface area contributed by atoms with Crippen LogP contribution in [0.5, 0.6) is 5.75 Å². The monoisotopic (exact) mass is 330 g/mol. The summed E-state index contributed by atoms with van der Waals surface area (Å²) in [5.41, 5.74) is 5.93. The third kappa shape index (κ3) is 4.75. The molecule has 120 valence electrons. The lowest BCUT2D eigenvalue weighted by Crippen LogP contribution is -2.44. The Morgan fingerprint density at radius 2 is 1.70 bits per heavy atom. The van der Waals surface area contributed by atoms with Crippen LogP contribution in [0.15, 0.2) is 53.4 Å². The van der Waals surface area contributed by atoms with Crippen molar-refractivity contribution in [2.75, 3.05) is 0 Å². The van der Waals surface area contributed by atoms with Crippen molar-refractivity contribution in [2.45, 2.75) is 24.0 Å². The number of rotatable bonds is 4. The highest BCUT2D eigenvalue weighted by Gasteiger charge is 2.16. The number of aromatic hydroxyl groups is 1. The van der Waals surface area contributed by atoms with Crippen molar-refractivity contribution in [3.05, 3.63) is 59.7 Å². The fraction of sp³-hybridized carbons (Fsp3) is 0.176. The summed E-state index contributed by atoms with van der Waals surface area (Å²) in [6.45, 7) is 3.76. The molecule has 0 unspecified atom stereocenters. The molecule has 0 aliphatic carbocycles. The zero-order valence-corrected chi connectivity index (χ0v) is 13.7. The predicted octanol–water partition coefficient (Wildman–Crippen LogP) is 2.64. The largest absolute Gasteiger partial charge is 0.507 e. The third-order valence-corrected chi connectivity index (χ3v) is 4.26. The van der Waals surface area contributed by atoms with Crippen LogP contribution in [0.2, 0.25) is 0 Å². The van der Waals surface area contributed by atoms with Crippen molar-refractivity contribution in [1.29, 1.82) is 0 Å². The highest BCUT2D eigenvalue weighted by atomic mass is 32.2. The van der Waals surface area contributed by atoms with E-state index >= 15 is 0 Å². The van der Waals surface area contributed by atoms with E-state index in [-0.39, 0.29) is 22.5 Å². The first-order valence-corrected chi connectivity index (χ1v) is 7.97. The van der Waals surface area contributed by atoms with Crippen molar-refractivity contribution in [1.82, 2.24) is 10.9 Å². The normalized spacial score (nSPS) is 11.6. The number of carbonyl (C=O) groups excluding carboxylic acids is 2. The summed E-state index contributed by atoms with van der Waals surface area (Å²) in [5.74, 6) is -1.02. The first kappa shape index (κ1) is 16.9. The van der Waals surface area contributed by atoms with E-state index in [0.717, 1.165) is 10.5 Å². The molecule has 0 heterocycles. The quantitative estimate of drug-likeness (QED) is 0.595. The molecule has 0 saturated heterocycles. The van der Waals surface area contributed by atoms with Gasteiger partial charge in [-0.3, -0.25) is 20.4 Å². The molecule has 0 bridgehead atoms. The predicted molar refractivity (Wildman–Crippen MR) is 90.2 cm³/mol. The number of amides is 2. The second-order valence-corrected chi connectivity index (χ2v) is 6.45. The van der Waals surface area contributed by atoms with Crippen LogP contribution in [-0.2, 0) is 4.79 Å². The van der Waals surface area contributed by atoms with E-state index in [4.69, 9.17) is 0 Å². The van der Waals surface area contributed by atoms with Gasteiger partial charge in [0.1, 0.15) is 5.75 Å². The SMILES string of the molecule is Cc1ccc(S[C@@H](C)C(=O)NNC(=O)c2ccccc2O)cc1. The van der Waals surface area contributed by atoms with Crippen LogP contribution in [0.1, 0.15) is 22.8 Å². The Bertz CT molecular complexity index is 701. The van der Waals surface area contributed by atoms with Crippen LogP contribution in [0.3, 0.4) is 0 Å². The highest BCUT2D eigenvalue weighted by molar-refractivity contribution is 8.00. The number of carbonyl (C=O) groups is 2. The molecule has 0 spiro atoms. The second kappa shape index (κ2) is 7.69. The minimum absolute atomic E-state index is 0.103. The number of para-hydroxylation sites is 1. The molecule has 2 aromatic rings. The molecule has 6 heteroatoms.